The number of carbonyl (C=O) groups is 1. The van der Waals surface area contributed by atoms with Crippen molar-refractivity contribution in [3.63, 3.8) is 0 Å². The molecule has 2 aromatic rings. The van der Waals surface area contributed by atoms with Crippen LogP contribution in [0.5, 0.6) is 0 Å². The molecule has 0 bridgehead atoms. The predicted molar refractivity (Wildman–Crippen MR) is 111 cm³/mol. The second-order valence-electron chi connectivity index (χ2n) is 8.26. The van der Waals surface area contributed by atoms with E-state index in [4.69, 9.17) is 5.26 Å². The Morgan fingerprint density at radius 2 is 1.76 bits per heavy atom. The zero-order valence-corrected chi connectivity index (χ0v) is 17.0. The fraction of sp³-hybridized carbons (Fsp3) is 0.522. The van der Waals surface area contributed by atoms with E-state index in [1.165, 1.54) is 25.0 Å². The van der Waals surface area contributed by atoms with Gasteiger partial charge in [0.15, 0.2) is 0 Å². The molecule has 1 saturated heterocycles. The standard InChI is InChI=1S/C23H29N5O/c24-14-19-6-8-20(9-7-19)16-28-18-25-15-22(28)17-26-10-12-27(13-11-26)23(29)21-4-2-1-3-5-21/h6-9,15,18,21H,1-5,10-13,16-17H2. The Morgan fingerprint density at radius 3 is 2.45 bits per heavy atom. The lowest BCUT2D eigenvalue weighted by molar-refractivity contribution is -0.138. The molecule has 2 heterocycles. The van der Waals surface area contributed by atoms with Crippen LogP contribution in [0.4, 0.5) is 0 Å². The normalized spacial score (nSPS) is 18.5. The van der Waals surface area contributed by atoms with Crippen molar-refractivity contribution in [1.29, 1.82) is 5.26 Å². The highest BCUT2D eigenvalue weighted by molar-refractivity contribution is 5.79. The van der Waals surface area contributed by atoms with Gasteiger partial charge >= 0.3 is 0 Å². The Kier molecular flexibility index (Phi) is 6.26. The average molecular weight is 392 g/mol. The number of piperazine rings is 1. The summed E-state index contributed by atoms with van der Waals surface area (Å²) in [6.45, 7) is 5.10. The highest BCUT2D eigenvalue weighted by atomic mass is 16.2. The summed E-state index contributed by atoms with van der Waals surface area (Å²) >= 11 is 0. The fourth-order valence-corrected chi connectivity index (χ4v) is 4.47. The molecule has 1 aliphatic heterocycles. The first-order valence-electron chi connectivity index (χ1n) is 10.7. The van der Waals surface area contributed by atoms with Crippen molar-refractivity contribution in [2.45, 2.75) is 45.2 Å². The highest BCUT2D eigenvalue weighted by Gasteiger charge is 2.28. The SMILES string of the molecule is N#Cc1ccc(Cn2cncc2CN2CCN(C(=O)C3CCCCC3)CC2)cc1. The maximum Gasteiger partial charge on any atom is 0.225 e. The topological polar surface area (TPSA) is 65.2 Å². The zero-order valence-electron chi connectivity index (χ0n) is 17.0. The molecule has 2 fully saturated rings. The highest BCUT2D eigenvalue weighted by Crippen LogP contribution is 2.26. The van der Waals surface area contributed by atoms with Crippen LogP contribution in [0.15, 0.2) is 36.8 Å². The lowest BCUT2D eigenvalue weighted by Crippen LogP contribution is -2.50. The van der Waals surface area contributed by atoms with E-state index in [0.29, 0.717) is 11.5 Å². The van der Waals surface area contributed by atoms with Crippen molar-refractivity contribution in [2.24, 2.45) is 5.92 Å². The maximum atomic E-state index is 12.8. The van der Waals surface area contributed by atoms with Crippen LogP contribution in [0.3, 0.4) is 0 Å². The van der Waals surface area contributed by atoms with E-state index in [-0.39, 0.29) is 5.92 Å². The van der Waals surface area contributed by atoms with Crippen LogP contribution in [-0.4, -0.2) is 51.4 Å². The number of benzene rings is 1. The average Bonchev–Trinajstić information content (AvgIpc) is 3.21. The van der Waals surface area contributed by atoms with Gasteiger partial charge in [-0.15, -0.1) is 0 Å². The van der Waals surface area contributed by atoms with E-state index in [2.05, 4.69) is 25.4 Å². The van der Waals surface area contributed by atoms with E-state index < -0.39 is 0 Å². The van der Waals surface area contributed by atoms with Crippen LogP contribution in [0.2, 0.25) is 0 Å². The van der Waals surface area contributed by atoms with Crippen LogP contribution in [0.25, 0.3) is 0 Å². The van der Waals surface area contributed by atoms with Gasteiger partial charge in [0.2, 0.25) is 5.91 Å². The van der Waals surface area contributed by atoms with Gasteiger partial charge in [0.25, 0.3) is 0 Å². The molecular weight excluding hydrogens is 362 g/mol. The molecule has 1 amide bonds. The van der Waals surface area contributed by atoms with Gasteiger partial charge in [0.05, 0.1) is 23.7 Å². The van der Waals surface area contributed by atoms with Crippen molar-refractivity contribution in [1.82, 2.24) is 19.4 Å². The summed E-state index contributed by atoms with van der Waals surface area (Å²) in [6.07, 6.45) is 9.66. The minimum absolute atomic E-state index is 0.268. The van der Waals surface area contributed by atoms with Crippen LogP contribution >= 0.6 is 0 Å². The van der Waals surface area contributed by atoms with Crippen molar-refractivity contribution in [3.05, 3.63) is 53.6 Å². The third-order valence-electron chi connectivity index (χ3n) is 6.26. The van der Waals surface area contributed by atoms with E-state index in [0.717, 1.165) is 57.7 Å². The Balaban J connectivity index is 1.30. The van der Waals surface area contributed by atoms with Gasteiger partial charge in [-0.05, 0) is 30.5 Å². The molecule has 0 spiro atoms. The fourth-order valence-electron chi connectivity index (χ4n) is 4.47. The molecule has 0 radical (unpaired) electrons. The first kappa shape index (κ1) is 19.7. The summed E-state index contributed by atoms with van der Waals surface area (Å²) < 4.78 is 2.17. The molecule has 4 rings (SSSR count). The number of hydrogen-bond donors (Lipinski definition) is 0. The van der Waals surface area contributed by atoms with Gasteiger partial charge in [-0.25, -0.2) is 4.98 Å². The molecule has 2 aliphatic rings. The van der Waals surface area contributed by atoms with Gasteiger partial charge in [0.1, 0.15) is 0 Å². The number of hydrogen-bond acceptors (Lipinski definition) is 4. The van der Waals surface area contributed by atoms with E-state index in [9.17, 15) is 4.79 Å². The molecule has 0 unspecified atom stereocenters. The third-order valence-corrected chi connectivity index (χ3v) is 6.26. The Labute approximate surface area is 172 Å². The molecular formula is C23H29N5O. The number of amides is 1. The third kappa shape index (κ3) is 4.86. The summed E-state index contributed by atoms with van der Waals surface area (Å²) in [7, 11) is 0. The molecule has 152 valence electrons. The maximum absolute atomic E-state index is 12.8. The second kappa shape index (κ2) is 9.23. The van der Waals surface area contributed by atoms with Crippen LogP contribution < -0.4 is 0 Å². The summed E-state index contributed by atoms with van der Waals surface area (Å²) in [6, 6.07) is 9.86. The van der Waals surface area contributed by atoms with E-state index in [1.54, 1.807) is 0 Å². The minimum Gasteiger partial charge on any atom is -0.340 e. The van der Waals surface area contributed by atoms with Crippen LogP contribution in [-0.2, 0) is 17.9 Å². The first-order chi connectivity index (χ1) is 14.2. The molecule has 0 N–H and O–H groups in total. The summed E-state index contributed by atoms with van der Waals surface area (Å²) in [5.41, 5.74) is 3.02. The second-order valence-corrected chi connectivity index (χ2v) is 8.26. The van der Waals surface area contributed by atoms with Gasteiger partial charge in [-0.1, -0.05) is 31.4 Å². The molecule has 1 saturated carbocycles. The molecule has 0 atom stereocenters. The zero-order chi connectivity index (χ0) is 20.1. The van der Waals surface area contributed by atoms with Crippen molar-refractivity contribution < 1.29 is 4.79 Å². The predicted octanol–water partition coefficient (Wildman–Crippen LogP) is 3.03. The Hall–Kier alpha value is -2.65. The lowest BCUT2D eigenvalue weighted by Gasteiger charge is -2.37. The Bertz CT molecular complexity index is 852. The lowest BCUT2D eigenvalue weighted by atomic mass is 9.88. The Morgan fingerprint density at radius 1 is 1.03 bits per heavy atom. The van der Waals surface area contributed by atoms with Gasteiger partial charge in [0, 0.05) is 51.4 Å². The van der Waals surface area contributed by atoms with Crippen LogP contribution in [0, 0.1) is 17.2 Å². The summed E-state index contributed by atoms with van der Waals surface area (Å²) in [5.74, 6) is 0.652. The van der Waals surface area contributed by atoms with Gasteiger partial charge in [-0.2, -0.15) is 5.26 Å². The molecule has 6 nitrogen and oxygen atoms in total. The molecule has 1 aromatic heterocycles. The molecule has 29 heavy (non-hydrogen) atoms. The molecule has 1 aromatic carbocycles. The largest absolute Gasteiger partial charge is 0.340 e. The molecule has 1 aliphatic carbocycles. The quantitative estimate of drug-likeness (QED) is 0.786. The van der Waals surface area contributed by atoms with Crippen molar-refractivity contribution in [3.8, 4) is 6.07 Å². The summed E-state index contributed by atoms with van der Waals surface area (Å²) in [4.78, 5) is 21.6. The van der Waals surface area contributed by atoms with Gasteiger partial charge < -0.3 is 9.47 Å². The van der Waals surface area contributed by atoms with Crippen molar-refractivity contribution >= 4 is 5.91 Å². The number of nitriles is 1. The monoisotopic (exact) mass is 391 g/mol. The smallest absolute Gasteiger partial charge is 0.225 e. The molecule has 6 heteroatoms. The first-order valence-corrected chi connectivity index (χ1v) is 10.7. The number of imidazole rings is 1. The minimum atomic E-state index is 0.268. The van der Waals surface area contributed by atoms with Gasteiger partial charge in [-0.3, -0.25) is 9.69 Å². The number of rotatable bonds is 5. The summed E-state index contributed by atoms with van der Waals surface area (Å²) in [5, 5.41) is 8.94. The van der Waals surface area contributed by atoms with E-state index >= 15 is 0 Å². The van der Waals surface area contributed by atoms with Crippen molar-refractivity contribution in [2.75, 3.05) is 26.2 Å². The van der Waals surface area contributed by atoms with E-state index in [1.807, 2.05) is 36.8 Å². The van der Waals surface area contributed by atoms with Crippen LogP contribution in [0.1, 0.15) is 48.9 Å². The number of aromatic nitrogens is 2. The number of carbonyl (C=O) groups excluding carboxylic acids is 1. The number of nitrogens with zero attached hydrogens (tertiary/aromatic N) is 5.